The van der Waals surface area contributed by atoms with Gasteiger partial charge < -0.3 is 4.42 Å². The Balaban J connectivity index is 1.66. The van der Waals surface area contributed by atoms with Crippen molar-refractivity contribution < 1.29 is 14.0 Å². The Morgan fingerprint density at radius 3 is 2.59 bits per heavy atom. The molecule has 1 fully saturated rings. The Bertz CT molecular complexity index is 1280. The van der Waals surface area contributed by atoms with Gasteiger partial charge in [-0.2, -0.15) is 0 Å². The second-order valence-electron chi connectivity index (χ2n) is 7.02. The van der Waals surface area contributed by atoms with Crippen molar-refractivity contribution in [3.05, 3.63) is 80.5 Å². The van der Waals surface area contributed by atoms with Crippen molar-refractivity contribution in [3.63, 3.8) is 0 Å². The molecule has 1 aromatic heterocycles. The van der Waals surface area contributed by atoms with E-state index in [2.05, 4.69) is 21.2 Å². The van der Waals surface area contributed by atoms with Crippen LogP contribution in [0.25, 0.3) is 6.08 Å². The van der Waals surface area contributed by atoms with Crippen LogP contribution in [0.3, 0.4) is 0 Å². The average Bonchev–Trinajstić information content (AvgIpc) is 3.09. The minimum atomic E-state index is -0.569. The van der Waals surface area contributed by atoms with Crippen LogP contribution >= 0.6 is 51.5 Å². The third kappa shape index (κ3) is 4.54. The van der Waals surface area contributed by atoms with Crippen LogP contribution < -0.4 is 10.2 Å². The van der Waals surface area contributed by atoms with Gasteiger partial charge in [0, 0.05) is 9.92 Å². The number of hydrogen-bond donors (Lipinski definition) is 1. The second kappa shape index (κ2) is 9.23. The number of halogens is 2. The van der Waals surface area contributed by atoms with Gasteiger partial charge in [0.2, 0.25) is 0 Å². The number of aryl methyl sites for hydroxylation is 1. The molecule has 0 radical (unpaired) electrons. The third-order valence-electron chi connectivity index (χ3n) is 4.90. The highest BCUT2D eigenvalue weighted by Gasteiger charge is 2.35. The minimum Gasteiger partial charge on any atom is -0.449 e. The van der Waals surface area contributed by atoms with E-state index in [1.54, 1.807) is 24.3 Å². The summed E-state index contributed by atoms with van der Waals surface area (Å²) in [5.41, 5.74) is 2.48. The van der Waals surface area contributed by atoms with Crippen LogP contribution in [0.1, 0.15) is 16.9 Å². The van der Waals surface area contributed by atoms with Gasteiger partial charge >= 0.3 is 0 Å². The Morgan fingerprint density at radius 1 is 1.16 bits per heavy atom. The Morgan fingerprint density at radius 2 is 1.88 bits per heavy atom. The number of anilines is 1. The number of furan rings is 1. The average molecular weight is 548 g/mol. The standard InChI is InChI=1S/C23H16BrClN2O3S2/c1-12-4-3-5-19(13(12)2)27-21(29)17(20(28)26-23(27)31)10-15-11-18(24)22(30-15)32-16-8-6-14(25)7-9-16/h3-11H,1-2H3,(H,26,28,31)/b17-10+. The zero-order valence-electron chi connectivity index (χ0n) is 16.9. The van der Waals surface area contributed by atoms with Gasteiger partial charge in [-0.05, 0) is 95.6 Å². The number of rotatable bonds is 4. The molecular formula is C23H16BrClN2O3S2. The molecule has 162 valence electrons. The van der Waals surface area contributed by atoms with Gasteiger partial charge in [-0.15, -0.1) is 0 Å². The molecule has 0 spiro atoms. The molecular weight excluding hydrogens is 532 g/mol. The molecule has 2 heterocycles. The highest BCUT2D eigenvalue weighted by Crippen LogP contribution is 2.37. The summed E-state index contributed by atoms with van der Waals surface area (Å²) in [6.45, 7) is 3.86. The molecule has 9 heteroatoms. The number of amides is 2. The molecule has 5 nitrogen and oxygen atoms in total. The number of nitrogens with one attached hydrogen (secondary N) is 1. The molecule has 0 aliphatic carbocycles. The van der Waals surface area contributed by atoms with Gasteiger partial charge in [-0.1, -0.05) is 35.5 Å². The van der Waals surface area contributed by atoms with Crippen molar-refractivity contribution in [2.24, 2.45) is 0 Å². The molecule has 1 saturated heterocycles. The quantitative estimate of drug-likeness (QED) is 0.236. The van der Waals surface area contributed by atoms with Gasteiger partial charge in [0.15, 0.2) is 10.2 Å². The van der Waals surface area contributed by atoms with Crippen molar-refractivity contribution in [2.75, 3.05) is 4.90 Å². The smallest absolute Gasteiger partial charge is 0.270 e. The molecule has 0 saturated carbocycles. The number of carbonyl (C=O) groups excluding carboxylic acids is 2. The van der Waals surface area contributed by atoms with Gasteiger partial charge in [-0.25, -0.2) is 0 Å². The van der Waals surface area contributed by atoms with Gasteiger partial charge in [0.1, 0.15) is 11.3 Å². The molecule has 4 rings (SSSR count). The lowest BCUT2D eigenvalue weighted by Crippen LogP contribution is -2.54. The van der Waals surface area contributed by atoms with E-state index in [4.69, 9.17) is 28.2 Å². The lowest BCUT2D eigenvalue weighted by atomic mass is 10.0. The fourth-order valence-electron chi connectivity index (χ4n) is 3.12. The molecule has 1 aliphatic heterocycles. The van der Waals surface area contributed by atoms with Crippen molar-refractivity contribution in [1.82, 2.24) is 5.32 Å². The molecule has 0 atom stereocenters. The number of thiocarbonyl (C=S) groups is 1. The second-order valence-corrected chi connectivity index (χ2v) is 9.74. The van der Waals surface area contributed by atoms with Crippen molar-refractivity contribution >= 4 is 80.2 Å². The summed E-state index contributed by atoms with van der Waals surface area (Å²) in [5, 5.41) is 3.88. The molecule has 2 aromatic carbocycles. The third-order valence-corrected chi connectivity index (χ3v) is 7.29. The van der Waals surface area contributed by atoms with Crippen LogP contribution in [0.5, 0.6) is 0 Å². The van der Waals surface area contributed by atoms with Crippen LogP contribution in [0, 0.1) is 13.8 Å². The fraction of sp³-hybridized carbons (Fsp3) is 0.0870. The lowest BCUT2D eigenvalue weighted by Gasteiger charge is -2.30. The summed E-state index contributed by atoms with van der Waals surface area (Å²) in [6.07, 6.45) is 1.42. The number of benzene rings is 2. The highest BCUT2D eigenvalue weighted by atomic mass is 79.9. The topological polar surface area (TPSA) is 62.6 Å². The van der Waals surface area contributed by atoms with E-state index in [-0.39, 0.29) is 10.7 Å². The molecule has 1 aliphatic rings. The molecule has 32 heavy (non-hydrogen) atoms. The van der Waals surface area contributed by atoms with Gasteiger partial charge in [0.25, 0.3) is 11.8 Å². The maximum absolute atomic E-state index is 13.3. The van der Waals surface area contributed by atoms with Gasteiger partial charge in [0.05, 0.1) is 10.2 Å². The lowest BCUT2D eigenvalue weighted by molar-refractivity contribution is -0.122. The Hall–Kier alpha value is -2.39. The monoisotopic (exact) mass is 546 g/mol. The van der Waals surface area contributed by atoms with Gasteiger partial charge in [-0.3, -0.25) is 19.8 Å². The molecule has 0 unspecified atom stereocenters. The molecule has 0 bridgehead atoms. The van der Waals surface area contributed by atoms with Crippen molar-refractivity contribution in [3.8, 4) is 0 Å². The zero-order chi connectivity index (χ0) is 23.0. The SMILES string of the molecule is Cc1cccc(N2C(=O)/C(=C/c3cc(Br)c(Sc4ccc(Cl)cc4)o3)C(=O)NC2=S)c1C. The first-order chi connectivity index (χ1) is 15.2. The van der Waals surface area contributed by atoms with Crippen molar-refractivity contribution in [2.45, 2.75) is 23.8 Å². The highest BCUT2D eigenvalue weighted by molar-refractivity contribution is 9.10. The van der Waals surface area contributed by atoms with Crippen LogP contribution in [0.15, 0.2) is 73.0 Å². The number of nitrogens with zero attached hydrogens (tertiary/aromatic N) is 1. The first-order valence-corrected chi connectivity index (χ1v) is 11.8. The first kappa shape index (κ1) is 22.8. The van der Waals surface area contributed by atoms with Crippen LogP contribution in [-0.4, -0.2) is 16.9 Å². The molecule has 1 N–H and O–H groups in total. The summed E-state index contributed by atoms with van der Waals surface area (Å²) >= 11 is 16.1. The maximum atomic E-state index is 13.3. The predicted molar refractivity (Wildman–Crippen MR) is 134 cm³/mol. The van der Waals surface area contributed by atoms with E-state index < -0.39 is 11.8 Å². The predicted octanol–water partition coefficient (Wildman–Crippen LogP) is 6.29. The molecule has 3 aromatic rings. The van der Waals surface area contributed by atoms with E-state index in [1.165, 1.54) is 22.7 Å². The maximum Gasteiger partial charge on any atom is 0.270 e. The normalized spacial score (nSPS) is 15.4. The van der Waals surface area contributed by atoms with E-state index in [1.807, 2.05) is 38.1 Å². The van der Waals surface area contributed by atoms with Crippen LogP contribution in [0.2, 0.25) is 5.02 Å². The van der Waals surface area contributed by atoms with Crippen molar-refractivity contribution in [1.29, 1.82) is 0 Å². The van der Waals surface area contributed by atoms with Crippen LogP contribution in [-0.2, 0) is 9.59 Å². The van der Waals surface area contributed by atoms with E-state index in [9.17, 15) is 9.59 Å². The number of carbonyl (C=O) groups is 2. The summed E-state index contributed by atoms with van der Waals surface area (Å²) in [7, 11) is 0. The van der Waals surface area contributed by atoms with E-state index >= 15 is 0 Å². The summed E-state index contributed by atoms with van der Waals surface area (Å²) < 4.78 is 6.59. The van der Waals surface area contributed by atoms with Crippen LogP contribution in [0.4, 0.5) is 5.69 Å². The summed E-state index contributed by atoms with van der Waals surface area (Å²) in [4.78, 5) is 28.1. The van der Waals surface area contributed by atoms with E-state index in [0.29, 0.717) is 26.0 Å². The fourth-order valence-corrected chi connectivity index (χ4v) is 4.85. The largest absolute Gasteiger partial charge is 0.449 e. The summed E-state index contributed by atoms with van der Waals surface area (Å²) in [6, 6.07) is 14.6. The Labute approximate surface area is 207 Å². The van der Waals surface area contributed by atoms with E-state index in [0.717, 1.165) is 16.0 Å². The summed E-state index contributed by atoms with van der Waals surface area (Å²) in [5.74, 6) is -0.714. The molecule has 2 amide bonds. The Kier molecular flexibility index (Phi) is 6.57. The number of hydrogen-bond acceptors (Lipinski definition) is 5. The zero-order valence-corrected chi connectivity index (χ0v) is 20.9. The minimum absolute atomic E-state index is 0.0467. The first-order valence-electron chi connectivity index (χ1n) is 9.45.